The monoisotopic (exact) mass is 426 g/mol. The van der Waals surface area contributed by atoms with Gasteiger partial charge in [-0.1, -0.05) is 44.9 Å². The first kappa shape index (κ1) is 25.3. The van der Waals surface area contributed by atoms with E-state index in [2.05, 4.69) is 0 Å². The molecule has 0 aromatic rings. The molecule has 0 radical (unpaired) electrons. The molecule has 2 fully saturated rings. The number of rotatable bonds is 14. The second-order valence-corrected chi connectivity index (χ2v) is 9.32. The Kier molecular flexibility index (Phi) is 11.9. The Hall–Kier alpha value is -0.980. The van der Waals surface area contributed by atoms with Crippen molar-refractivity contribution in [3.05, 3.63) is 0 Å². The summed E-state index contributed by atoms with van der Waals surface area (Å²) in [7, 11) is 0. The molecule has 3 N–H and O–H groups in total. The van der Waals surface area contributed by atoms with Gasteiger partial charge in [-0.05, 0) is 50.4 Å². The first-order chi connectivity index (χ1) is 14.5. The number of unbranched alkanes of at least 4 members (excludes halogenated alkanes) is 3. The van der Waals surface area contributed by atoms with Crippen LogP contribution in [0.5, 0.6) is 0 Å². The predicted octanol–water partition coefficient (Wildman–Crippen LogP) is 4.11. The molecule has 0 aromatic carbocycles. The minimum absolute atomic E-state index is 0.0329. The van der Waals surface area contributed by atoms with Crippen LogP contribution in [-0.4, -0.2) is 52.5 Å². The Morgan fingerprint density at radius 1 is 1.03 bits per heavy atom. The SMILES string of the molecule is O=C(O)CCCCCC[C@H]1C(=O)C[C@@H](OCCO)[C@@H]1CCC(O)C1CCCCCC1. The number of carbonyl (C=O) groups excluding carboxylic acids is 1. The molecule has 174 valence electrons. The number of aliphatic hydroxyl groups is 2. The van der Waals surface area contributed by atoms with Crippen LogP contribution in [0.2, 0.25) is 0 Å². The van der Waals surface area contributed by atoms with E-state index in [0.29, 0.717) is 18.8 Å². The van der Waals surface area contributed by atoms with Crippen molar-refractivity contribution < 1.29 is 29.6 Å². The van der Waals surface area contributed by atoms with Crippen molar-refractivity contribution in [2.75, 3.05) is 13.2 Å². The molecule has 0 bridgehead atoms. The lowest BCUT2D eigenvalue weighted by Crippen LogP contribution is -2.27. The van der Waals surface area contributed by atoms with Crippen LogP contribution in [-0.2, 0) is 14.3 Å². The number of ketones is 1. The Bertz CT molecular complexity index is 500. The fraction of sp³-hybridized carbons (Fsp3) is 0.917. The highest BCUT2D eigenvalue weighted by molar-refractivity contribution is 5.84. The van der Waals surface area contributed by atoms with E-state index in [0.717, 1.165) is 51.4 Å². The second-order valence-electron chi connectivity index (χ2n) is 9.32. The summed E-state index contributed by atoms with van der Waals surface area (Å²) in [5, 5.41) is 28.6. The number of Topliss-reactive ketones (excluding diaryl/α,β-unsaturated/α-hetero) is 1. The van der Waals surface area contributed by atoms with Gasteiger partial charge in [0.25, 0.3) is 0 Å². The van der Waals surface area contributed by atoms with Crippen LogP contribution in [0.4, 0.5) is 0 Å². The van der Waals surface area contributed by atoms with Crippen molar-refractivity contribution in [3.63, 3.8) is 0 Å². The van der Waals surface area contributed by atoms with E-state index in [1.807, 2.05) is 0 Å². The lowest BCUT2D eigenvalue weighted by Gasteiger charge is -2.27. The summed E-state index contributed by atoms with van der Waals surface area (Å²) in [5.74, 6) is -0.0401. The summed E-state index contributed by atoms with van der Waals surface area (Å²) < 4.78 is 5.82. The lowest BCUT2D eigenvalue weighted by molar-refractivity contribution is -0.137. The summed E-state index contributed by atoms with van der Waals surface area (Å²) in [6.45, 7) is 0.206. The van der Waals surface area contributed by atoms with Crippen molar-refractivity contribution in [2.24, 2.45) is 17.8 Å². The van der Waals surface area contributed by atoms with Crippen molar-refractivity contribution in [2.45, 2.75) is 109 Å². The van der Waals surface area contributed by atoms with E-state index in [9.17, 15) is 14.7 Å². The van der Waals surface area contributed by atoms with E-state index < -0.39 is 5.97 Å². The molecule has 6 heteroatoms. The van der Waals surface area contributed by atoms with Gasteiger partial charge in [0.15, 0.2) is 0 Å². The molecule has 0 amide bonds. The fourth-order valence-electron chi connectivity index (χ4n) is 5.44. The Labute approximate surface area is 181 Å². The first-order valence-corrected chi connectivity index (χ1v) is 12.2. The van der Waals surface area contributed by atoms with Gasteiger partial charge < -0.3 is 20.1 Å². The van der Waals surface area contributed by atoms with Crippen molar-refractivity contribution in [1.82, 2.24) is 0 Å². The predicted molar refractivity (Wildman–Crippen MR) is 115 cm³/mol. The number of aliphatic hydroxyl groups excluding tert-OH is 2. The maximum atomic E-state index is 12.7. The second kappa shape index (κ2) is 14.2. The third-order valence-electron chi connectivity index (χ3n) is 7.13. The van der Waals surface area contributed by atoms with Crippen LogP contribution in [0.3, 0.4) is 0 Å². The summed E-state index contributed by atoms with van der Waals surface area (Å²) in [6.07, 6.45) is 13.1. The zero-order valence-corrected chi connectivity index (χ0v) is 18.5. The van der Waals surface area contributed by atoms with Crippen LogP contribution in [0.1, 0.15) is 96.3 Å². The minimum Gasteiger partial charge on any atom is -0.481 e. The van der Waals surface area contributed by atoms with Crippen molar-refractivity contribution in [1.29, 1.82) is 0 Å². The average molecular weight is 427 g/mol. The van der Waals surface area contributed by atoms with Crippen molar-refractivity contribution >= 4 is 11.8 Å². The highest BCUT2D eigenvalue weighted by Gasteiger charge is 2.42. The molecule has 30 heavy (non-hydrogen) atoms. The number of carbonyl (C=O) groups is 2. The van der Waals surface area contributed by atoms with E-state index in [1.165, 1.54) is 25.7 Å². The minimum atomic E-state index is -0.753. The van der Waals surface area contributed by atoms with Crippen LogP contribution in [0.25, 0.3) is 0 Å². The summed E-state index contributed by atoms with van der Waals surface area (Å²) in [4.78, 5) is 23.3. The summed E-state index contributed by atoms with van der Waals surface area (Å²) in [5.41, 5.74) is 0. The molecule has 2 rings (SSSR count). The molecule has 0 aromatic heterocycles. The van der Waals surface area contributed by atoms with Gasteiger partial charge in [0.2, 0.25) is 0 Å². The van der Waals surface area contributed by atoms with Crippen LogP contribution in [0, 0.1) is 17.8 Å². The quantitative estimate of drug-likeness (QED) is 0.285. The van der Waals surface area contributed by atoms with Crippen molar-refractivity contribution in [3.8, 4) is 0 Å². The first-order valence-electron chi connectivity index (χ1n) is 12.2. The van der Waals surface area contributed by atoms with Gasteiger partial charge in [0, 0.05) is 18.8 Å². The molecule has 0 saturated heterocycles. The Morgan fingerprint density at radius 3 is 2.40 bits per heavy atom. The number of hydrogen-bond donors (Lipinski definition) is 3. The van der Waals surface area contributed by atoms with Crippen LogP contribution >= 0.6 is 0 Å². The molecule has 1 unspecified atom stereocenters. The molecular formula is C24H42O6. The number of ether oxygens (including phenoxy) is 1. The highest BCUT2D eigenvalue weighted by atomic mass is 16.5. The van der Waals surface area contributed by atoms with E-state index in [1.54, 1.807) is 0 Å². The Balaban J connectivity index is 1.84. The Morgan fingerprint density at radius 2 is 1.73 bits per heavy atom. The van der Waals surface area contributed by atoms with Gasteiger partial charge in [-0.2, -0.15) is 0 Å². The fourth-order valence-corrected chi connectivity index (χ4v) is 5.44. The molecule has 0 spiro atoms. The number of carboxylic acids is 1. The zero-order valence-electron chi connectivity index (χ0n) is 18.5. The van der Waals surface area contributed by atoms with E-state index >= 15 is 0 Å². The van der Waals surface area contributed by atoms with Gasteiger partial charge in [-0.3, -0.25) is 9.59 Å². The topological polar surface area (TPSA) is 104 Å². The largest absolute Gasteiger partial charge is 0.481 e. The van der Waals surface area contributed by atoms with Gasteiger partial charge in [-0.15, -0.1) is 0 Å². The molecule has 2 aliphatic rings. The van der Waals surface area contributed by atoms with Gasteiger partial charge >= 0.3 is 5.97 Å². The van der Waals surface area contributed by atoms with Gasteiger partial charge in [0.1, 0.15) is 5.78 Å². The van der Waals surface area contributed by atoms with Gasteiger partial charge in [-0.25, -0.2) is 0 Å². The average Bonchev–Trinajstić information content (AvgIpc) is 2.89. The third-order valence-corrected chi connectivity index (χ3v) is 7.13. The van der Waals surface area contributed by atoms with E-state index in [-0.39, 0.29) is 49.5 Å². The molecule has 4 atom stereocenters. The van der Waals surface area contributed by atoms with E-state index in [4.69, 9.17) is 14.9 Å². The standard InChI is InChI=1S/C24H42O6/c25-15-16-30-23-17-22(27)19(11-7-3-4-8-12-24(28)29)20(23)13-14-21(26)18-9-5-1-2-6-10-18/h18-21,23,25-26H,1-17H2,(H,28,29)/t19-,20-,21?,23-/m1/s1. The summed E-state index contributed by atoms with van der Waals surface area (Å²) in [6, 6.07) is 0. The molecular weight excluding hydrogens is 384 g/mol. The number of hydrogen-bond acceptors (Lipinski definition) is 5. The highest BCUT2D eigenvalue weighted by Crippen LogP contribution is 2.39. The smallest absolute Gasteiger partial charge is 0.303 e. The van der Waals surface area contributed by atoms with Crippen LogP contribution < -0.4 is 0 Å². The maximum absolute atomic E-state index is 12.7. The lowest BCUT2D eigenvalue weighted by atomic mass is 9.83. The zero-order chi connectivity index (χ0) is 21.8. The molecule has 0 aliphatic heterocycles. The third kappa shape index (κ3) is 8.64. The molecule has 0 heterocycles. The number of aliphatic carboxylic acids is 1. The molecule has 6 nitrogen and oxygen atoms in total. The molecule has 2 saturated carbocycles. The normalized spacial score (nSPS) is 26.6. The number of carboxylic acid groups (broad SMARTS) is 1. The summed E-state index contributed by atoms with van der Waals surface area (Å²) >= 11 is 0. The maximum Gasteiger partial charge on any atom is 0.303 e. The molecule has 2 aliphatic carbocycles. The van der Waals surface area contributed by atoms with Crippen LogP contribution in [0.15, 0.2) is 0 Å². The van der Waals surface area contributed by atoms with Gasteiger partial charge in [0.05, 0.1) is 25.4 Å².